The van der Waals surface area contributed by atoms with Crippen LogP contribution in [0.15, 0.2) is 168 Å². The Morgan fingerprint density at radius 1 is 0.373 bits per heavy atom. The zero-order valence-corrected chi connectivity index (χ0v) is 41.1. The summed E-state index contributed by atoms with van der Waals surface area (Å²) in [4.78, 5) is 0. The van der Waals surface area contributed by atoms with E-state index >= 15 is 0 Å². The van der Waals surface area contributed by atoms with Crippen molar-refractivity contribution < 1.29 is 57.7 Å². The van der Waals surface area contributed by atoms with Gasteiger partial charge in [0, 0.05) is 0 Å². The van der Waals surface area contributed by atoms with Crippen LogP contribution < -0.4 is 52.8 Å². The average Bonchev–Trinajstić information content (AvgIpc) is 3.37. The molecule has 6 aromatic rings. The Kier molecular flexibility index (Phi) is 16.0. The maximum atomic E-state index is 2.59. The first-order chi connectivity index (χ1) is 26.8. The fourth-order valence-electron chi connectivity index (χ4n) is 9.10. The Labute approximate surface area is 386 Å². The standard InChI is InChI=1S/C54H57Si.3ClH.Ti/c1-35(2)42-20-26-45(27-21-42)48-14-11-17-51(32-48)55(54-40(9)38(7)39(8)41(54)10,52-18-12-15-49(33-52)46-28-22-43(23-29-46)36(3)4)53-19-13-16-50(34-53)47-30-24-44(25-31-47)37(5)6;;;;/h11-37H,1-10H3;3*1H;/q;;;;+3/p-3. The molecular formula is C54H57Cl3SiTi. The van der Waals surface area contributed by atoms with Gasteiger partial charge in [-0.3, -0.25) is 0 Å². The van der Waals surface area contributed by atoms with E-state index in [9.17, 15) is 0 Å². The summed E-state index contributed by atoms with van der Waals surface area (Å²) < 4.78 is -0.235. The molecule has 59 heavy (non-hydrogen) atoms. The number of hydrogen-bond donors (Lipinski definition) is 0. The Balaban J connectivity index is 0.00000256. The van der Waals surface area contributed by atoms with Crippen LogP contribution in [-0.4, -0.2) is 8.07 Å². The largest absolute Gasteiger partial charge is 1.00 e. The van der Waals surface area contributed by atoms with Crippen LogP contribution in [0.25, 0.3) is 33.4 Å². The van der Waals surface area contributed by atoms with E-state index in [1.807, 2.05) is 0 Å². The molecule has 0 N–H and O–H groups in total. The van der Waals surface area contributed by atoms with E-state index in [0.717, 1.165) is 0 Å². The minimum atomic E-state index is -3.02. The molecule has 6 aromatic carbocycles. The fourth-order valence-corrected chi connectivity index (χ4v) is 17.7. The van der Waals surface area contributed by atoms with Gasteiger partial charge in [-0.05, 0) is 0 Å². The SMILES string of the molecule is CC1=C(C)[C]([Ti+3])([Si](c2cccc(-c3ccc(C(C)C)cc3)c2)(c2cccc(-c3ccc(C(C)C)cc3)c2)c2cccc(-c3ccc(C(C)C)cc3)c2)C(C)=C1C.[Cl-].[Cl-].[Cl-]. The van der Waals surface area contributed by atoms with Crippen molar-refractivity contribution in [3.63, 3.8) is 0 Å². The van der Waals surface area contributed by atoms with Crippen molar-refractivity contribution in [2.75, 3.05) is 0 Å². The molecule has 0 saturated carbocycles. The average molecular weight is 888 g/mol. The summed E-state index contributed by atoms with van der Waals surface area (Å²) in [5, 5.41) is 4.31. The smallest absolute Gasteiger partial charge is 1.00 e. The predicted molar refractivity (Wildman–Crippen MR) is 242 cm³/mol. The molecule has 0 heterocycles. The van der Waals surface area contributed by atoms with Crippen LogP contribution in [0.4, 0.5) is 0 Å². The summed E-state index contributed by atoms with van der Waals surface area (Å²) in [5.41, 5.74) is 17.6. The summed E-state index contributed by atoms with van der Waals surface area (Å²) in [5.74, 6) is 1.49. The van der Waals surface area contributed by atoms with Crippen LogP contribution >= 0.6 is 0 Å². The fraction of sp³-hybridized carbons (Fsp3) is 0.259. The Bertz CT molecular complexity index is 2190. The Morgan fingerprint density at radius 3 is 0.864 bits per heavy atom. The van der Waals surface area contributed by atoms with Gasteiger partial charge in [-0.25, -0.2) is 0 Å². The first-order valence-electron chi connectivity index (χ1n) is 20.5. The molecule has 0 spiro atoms. The monoisotopic (exact) mass is 886 g/mol. The van der Waals surface area contributed by atoms with E-state index in [1.54, 1.807) is 0 Å². The number of allylic oxidation sites excluding steroid dienone is 4. The quantitative estimate of drug-likeness (QED) is 0.141. The van der Waals surface area contributed by atoms with Gasteiger partial charge in [0.2, 0.25) is 0 Å². The number of halogens is 3. The van der Waals surface area contributed by atoms with Gasteiger partial charge in [-0.1, -0.05) is 0 Å². The second kappa shape index (κ2) is 19.5. The molecule has 0 nitrogen and oxygen atoms in total. The molecule has 0 atom stereocenters. The molecule has 0 bridgehead atoms. The molecule has 0 fully saturated rings. The van der Waals surface area contributed by atoms with E-state index in [0.29, 0.717) is 17.8 Å². The van der Waals surface area contributed by atoms with Crippen LogP contribution in [0.5, 0.6) is 0 Å². The molecule has 302 valence electrons. The van der Waals surface area contributed by atoms with Crippen molar-refractivity contribution in [3.05, 3.63) is 185 Å². The van der Waals surface area contributed by atoms with Crippen molar-refractivity contribution in [2.24, 2.45) is 0 Å². The first kappa shape index (κ1) is 48.3. The minimum absolute atomic E-state index is 0. The maximum Gasteiger partial charge on any atom is -1.00 e. The van der Waals surface area contributed by atoms with Gasteiger partial charge in [0.05, 0.1) is 0 Å². The summed E-state index contributed by atoms with van der Waals surface area (Å²) in [6.45, 7) is 23.2. The van der Waals surface area contributed by atoms with Gasteiger partial charge in [0.1, 0.15) is 0 Å². The Morgan fingerprint density at radius 2 is 0.627 bits per heavy atom. The molecule has 7 rings (SSSR count). The van der Waals surface area contributed by atoms with Crippen molar-refractivity contribution in [1.82, 2.24) is 0 Å². The van der Waals surface area contributed by atoms with E-state index in [2.05, 4.69) is 235 Å². The zero-order valence-electron chi connectivity index (χ0n) is 36.2. The first-order valence-corrected chi connectivity index (χ1v) is 23.3. The number of benzene rings is 6. The van der Waals surface area contributed by atoms with E-state index in [-0.39, 0.29) is 40.6 Å². The molecule has 0 saturated heterocycles. The number of rotatable bonds is 10. The van der Waals surface area contributed by atoms with Gasteiger partial charge in [-0.15, -0.1) is 0 Å². The van der Waals surface area contributed by atoms with Crippen LogP contribution in [0.1, 0.15) is 104 Å². The van der Waals surface area contributed by atoms with Crippen LogP contribution in [0, 0.1) is 0 Å². The van der Waals surface area contributed by atoms with Gasteiger partial charge in [0.15, 0.2) is 0 Å². The molecule has 0 aliphatic heterocycles. The third-order valence-corrected chi connectivity index (χ3v) is 21.3. The number of hydrogen-bond acceptors (Lipinski definition) is 0. The van der Waals surface area contributed by atoms with Gasteiger partial charge in [0.25, 0.3) is 0 Å². The van der Waals surface area contributed by atoms with Crippen LogP contribution in [0.2, 0.25) is 3.34 Å². The van der Waals surface area contributed by atoms with Gasteiger partial charge in [-0.2, -0.15) is 0 Å². The summed E-state index contributed by atoms with van der Waals surface area (Å²) >= 11 is 2.59. The summed E-state index contributed by atoms with van der Waals surface area (Å²) in [7, 11) is -3.02. The summed E-state index contributed by atoms with van der Waals surface area (Å²) in [6, 6.07) is 56.7. The van der Waals surface area contributed by atoms with Crippen molar-refractivity contribution in [3.8, 4) is 33.4 Å². The predicted octanol–water partition coefficient (Wildman–Crippen LogP) is 4.47. The zero-order chi connectivity index (χ0) is 39.9. The minimum Gasteiger partial charge on any atom is -1.00 e. The van der Waals surface area contributed by atoms with Crippen molar-refractivity contribution in [2.45, 2.75) is 90.3 Å². The molecule has 1 aliphatic rings. The van der Waals surface area contributed by atoms with E-state index in [4.69, 9.17) is 0 Å². The van der Waals surface area contributed by atoms with Crippen LogP contribution in [0.3, 0.4) is 0 Å². The topological polar surface area (TPSA) is 0 Å². The molecule has 1 aliphatic carbocycles. The maximum absolute atomic E-state index is 3.02. The molecule has 0 radical (unpaired) electrons. The molecule has 0 aromatic heterocycles. The van der Waals surface area contributed by atoms with Crippen molar-refractivity contribution in [1.29, 1.82) is 0 Å². The van der Waals surface area contributed by atoms with E-state index < -0.39 is 8.07 Å². The second-order valence-electron chi connectivity index (χ2n) is 17.1. The van der Waals surface area contributed by atoms with Gasteiger partial charge >= 0.3 is 352 Å². The van der Waals surface area contributed by atoms with Crippen LogP contribution in [-0.2, 0) is 20.4 Å². The van der Waals surface area contributed by atoms with Gasteiger partial charge < -0.3 is 37.2 Å². The molecular weight excluding hydrogens is 831 g/mol. The normalized spacial score (nSPS) is 13.7. The molecule has 0 unspecified atom stereocenters. The van der Waals surface area contributed by atoms with E-state index in [1.165, 1.54) is 87.9 Å². The van der Waals surface area contributed by atoms with Crippen molar-refractivity contribution >= 4 is 23.6 Å². The summed E-state index contributed by atoms with van der Waals surface area (Å²) in [6.07, 6.45) is 0. The molecule has 0 amide bonds. The molecule has 5 heteroatoms. The Hall–Kier alpha value is -3.40. The second-order valence-corrected chi connectivity index (χ2v) is 23.0. The third kappa shape index (κ3) is 8.72. The third-order valence-electron chi connectivity index (χ3n) is 13.0.